The van der Waals surface area contributed by atoms with Gasteiger partial charge in [0.2, 0.25) is 0 Å². The Morgan fingerprint density at radius 2 is 2.14 bits per heavy atom. The number of carbonyl (C=O) groups excluding carboxylic acids is 1. The maximum atomic E-state index is 12.3. The van der Waals surface area contributed by atoms with E-state index in [1.54, 1.807) is 10.9 Å². The molecule has 0 aliphatic carbocycles. The lowest BCUT2D eigenvalue weighted by molar-refractivity contribution is 0.0766. The molecule has 7 heteroatoms. The van der Waals surface area contributed by atoms with Gasteiger partial charge in [0.25, 0.3) is 5.91 Å². The number of halogens is 1. The molecular formula is C14H15ClN4OS. The third-order valence-electron chi connectivity index (χ3n) is 3.29. The molecule has 21 heavy (non-hydrogen) atoms. The van der Waals surface area contributed by atoms with Gasteiger partial charge in [0.15, 0.2) is 5.69 Å². The first-order valence-electron chi connectivity index (χ1n) is 6.74. The van der Waals surface area contributed by atoms with Gasteiger partial charge >= 0.3 is 0 Å². The van der Waals surface area contributed by atoms with Gasteiger partial charge in [-0.25, -0.2) is 4.68 Å². The summed E-state index contributed by atoms with van der Waals surface area (Å²) in [4.78, 5) is 14.1. The van der Waals surface area contributed by atoms with Crippen molar-refractivity contribution in [2.24, 2.45) is 0 Å². The fourth-order valence-corrected chi connectivity index (χ4v) is 3.34. The third-order valence-corrected chi connectivity index (χ3v) is 4.47. The smallest absolute Gasteiger partial charge is 0.276 e. The van der Waals surface area contributed by atoms with Crippen molar-refractivity contribution in [2.75, 3.05) is 24.6 Å². The lowest BCUT2D eigenvalue weighted by Gasteiger charge is -2.25. The normalized spacial score (nSPS) is 15.2. The minimum absolute atomic E-state index is 0.0346. The van der Waals surface area contributed by atoms with E-state index in [0.717, 1.165) is 30.2 Å². The van der Waals surface area contributed by atoms with E-state index in [-0.39, 0.29) is 5.91 Å². The number of aromatic nitrogens is 3. The van der Waals surface area contributed by atoms with Crippen molar-refractivity contribution in [3.8, 4) is 0 Å². The summed E-state index contributed by atoms with van der Waals surface area (Å²) in [5, 5.41) is 8.71. The number of benzene rings is 1. The van der Waals surface area contributed by atoms with Gasteiger partial charge < -0.3 is 4.90 Å². The first-order valence-corrected chi connectivity index (χ1v) is 8.27. The summed E-state index contributed by atoms with van der Waals surface area (Å²) in [7, 11) is 0. The number of nitrogens with zero attached hydrogens (tertiary/aromatic N) is 4. The Balaban J connectivity index is 1.69. The van der Waals surface area contributed by atoms with E-state index < -0.39 is 0 Å². The number of thioether (sulfide) groups is 1. The summed E-state index contributed by atoms with van der Waals surface area (Å²) in [5.41, 5.74) is 1.43. The predicted molar refractivity (Wildman–Crippen MR) is 83.8 cm³/mol. The Morgan fingerprint density at radius 1 is 1.33 bits per heavy atom. The summed E-state index contributed by atoms with van der Waals surface area (Å²) in [6.07, 6.45) is 1.70. The van der Waals surface area contributed by atoms with Gasteiger partial charge in [0.1, 0.15) is 0 Å². The number of amides is 1. The summed E-state index contributed by atoms with van der Waals surface area (Å²) >= 11 is 7.83. The first-order chi connectivity index (χ1) is 10.2. The van der Waals surface area contributed by atoms with Crippen LogP contribution in [0, 0.1) is 0 Å². The van der Waals surface area contributed by atoms with Gasteiger partial charge in [-0.2, -0.15) is 11.8 Å². The van der Waals surface area contributed by atoms with Crippen molar-refractivity contribution in [1.82, 2.24) is 19.9 Å². The van der Waals surface area contributed by atoms with Crippen molar-refractivity contribution < 1.29 is 4.79 Å². The minimum atomic E-state index is -0.0346. The van der Waals surface area contributed by atoms with Gasteiger partial charge in [-0.05, 0) is 17.7 Å². The highest BCUT2D eigenvalue weighted by Gasteiger charge is 2.21. The van der Waals surface area contributed by atoms with Crippen LogP contribution in [0.2, 0.25) is 5.02 Å². The zero-order valence-electron chi connectivity index (χ0n) is 11.4. The minimum Gasteiger partial charge on any atom is -0.336 e. The quantitative estimate of drug-likeness (QED) is 0.869. The molecule has 0 saturated carbocycles. The molecule has 5 nitrogen and oxygen atoms in total. The van der Waals surface area contributed by atoms with Gasteiger partial charge in [-0.15, -0.1) is 5.10 Å². The van der Waals surface area contributed by atoms with Gasteiger partial charge in [-0.1, -0.05) is 28.9 Å². The standard InChI is InChI=1S/C14H15ClN4OS/c15-12-3-1-2-11(8-12)9-19-10-13(16-17-19)14(20)18-4-6-21-7-5-18/h1-3,8,10H,4-7,9H2. The molecule has 1 fully saturated rings. The molecular weight excluding hydrogens is 308 g/mol. The predicted octanol–water partition coefficient (Wildman–Crippen LogP) is 2.17. The number of hydrogen-bond acceptors (Lipinski definition) is 4. The molecule has 1 aliphatic heterocycles. The number of rotatable bonds is 3. The third kappa shape index (κ3) is 3.57. The highest BCUT2D eigenvalue weighted by molar-refractivity contribution is 7.99. The van der Waals surface area contributed by atoms with E-state index in [2.05, 4.69) is 10.3 Å². The van der Waals surface area contributed by atoms with Gasteiger partial charge in [-0.3, -0.25) is 4.79 Å². The summed E-state index contributed by atoms with van der Waals surface area (Å²) < 4.78 is 1.66. The second kappa shape index (κ2) is 6.49. The second-order valence-electron chi connectivity index (χ2n) is 4.84. The van der Waals surface area contributed by atoms with Crippen LogP contribution in [0.5, 0.6) is 0 Å². The van der Waals surface area contributed by atoms with Crippen molar-refractivity contribution in [3.63, 3.8) is 0 Å². The molecule has 0 radical (unpaired) electrons. The molecule has 1 aromatic heterocycles. The van der Waals surface area contributed by atoms with Crippen LogP contribution >= 0.6 is 23.4 Å². The Kier molecular flexibility index (Phi) is 4.45. The Bertz CT molecular complexity index is 639. The maximum Gasteiger partial charge on any atom is 0.276 e. The van der Waals surface area contributed by atoms with Crippen LogP contribution in [-0.4, -0.2) is 50.4 Å². The molecule has 0 N–H and O–H groups in total. The highest BCUT2D eigenvalue weighted by Crippen LogP contribution is 2.13. The van der Waals surface area contributed by atoms with Crippen molar-refractivity contribution in [1.29, 1.82) is 0 Å². The number of carbonyl (C=O) groups is 1. The highest BCUT2D eigenvalue weighted by atomic mass is 35.5. The fraction of sp³-hybridized carbons (Fsp3) is 0.357. The monoisotopic (exact) mass is 322 g/mol. The molecule has 2 aromatic rings. The van der Waals surface area contributed by atoms with E-state index >= 15 is 0 Å². The summed E-state index contributed by atoms with van der Waals surface area (Å²) in [6, 6.07) is 7.57. The van der Waals surface area contributed by atoms with Crippen molar-refractivity contribution >= 4 is 29.3 Å². The molecule has 1 amide bonds. The molecule has 3 rings (SSSR count). The van der Waals surface area contributed by atoms with Crippen LogP contribution in [0.4, 0.5) is 0 Å². The molecule has 0 unspecified atom stereocenters. The van der Waals surface area contributed by atoms with Crippen LogP contribution in [0.1, 0.15) is 16.1 Å². The molecule has 1 aromatic carbocycles. The maximum absolute atomic E-state index is 12.3. The lowest BCUT2D eigenvalue weighted by Crippen LogP contribution is -2.38. The van der Waals surface area contributed by atoms with E-state index in [4.69, 9.17) is 11.6 Å². The fourth-order valence-electron chi connectivity index (χ4n) is 2.22. The first kappa shape index (κ1) is 14.4. The van der Waals surface area contributed by atoms with E-state index in [1.165, 1.54) is 0 Å². The molecule has 1 aliphatic rings. The molecule has 1 saturated heterocycles. The zero-order chi connectivity index (χ0) is 14.7. The molecule has 2 heterocycles. The summed E-state index contributed by atoms with van der Waals surface area (Å²) in [5.74, 6) is 1.94. The summed E-state index contributed by atoms with van der Waals surface area (Å²) in [6.45, 7) is 2.12. The Labute approximate surface area is 132 Å². The lowest BCUT2D eigenvalue weighted by atomic mass is 10.2. The van der Waals surface area contributed by atoms with Crippen molar-refractivity contribution in [3.05, 3.63) is 46.7 Å². The van der Waals surface area contributed by atoms with Crippen LogP contribution < -0.4 is 0 Å². The SMILES string of the molecule is O=C(c1cn(Cc2cccc(Cl)c2)nn1)N1CCSCC1. The van der Waals surface area contributed by atoms with Crippen LogP contribution in [-0.2, 0) is 6.54 Å². The molecule has 110 valence electrons. The average molecular weight is 323 g/mol. The number of hydrogen-bond donors (Lipinski definition) is 0. The van der Waals surface area contributed by atoms with Gasteiger partial charge in [0.05, 0.1) is 12.7 Å². The van der Waals surface area contributed by atoms with Crippen LogP contribution in [0.3, 0.4) is 0 Å². The average Bonchev–Trinajstić information content (AvgIpc) is 2.96. The van der Waals surface area contributed by atoms with Crippen LogP contribution in [0.15, 0.2) is 30.5 Å². The zero-order valence-corrected chi connectivity index (χ0v) is 13.0. The van der Waals surface area contributed by atoms with Crippen molar-refractivity contribution in [2.45, 2.75) is 6.54 Å². The van der Waals surface area contributed by atoms with Crippen LogP contribution in [0.25, 0.3) is 0 Å². The molecule has 0 atom stereocenters. The Hall–Kier alpha value is -1.53. The molecule has 0 spiro atoms. The topological polar surface area (TPSA) is 51.0 Å². The largest absolute Gasteiger partial charge is 0.336 e. The Morgan fingerprint density at radius 3 is 2.90 bits per heavy atom. The van der Waals surface area contributed by atoms with E-state index in [9.17, 15) is 4.79 Å². The van der Waals surface area contributed by atoms with Gasteiger partial charge in [0, 0.05) is 29.6 Å². The van der Waals surface area contributed by atoms with E-state index in [0.29, 0.717) is 17.3 Å². The second-order valence-corrected chi connectivity index (χ2v) is 6.50. The van der Waals surface area contributed by atoms with E-state index in [1.807, 2.05) is 40.9 Å². The molecule has 0 bridgehead atoms.